The van der Waals surface area contributed by atoms with Crippen molar-refractivity contribution in [3.05, 3.63) is 35.9 Å². The molecule has 0 bridgehead atoms. The molecule has 0 heterocycles. The second-order valence-electron chi connectivity index (χ2n) is 2.88. The lowest BCUT2D eigenvalue weighted by Crippen LogP contribution is -2.27. The average molecular weight is 243 g/mol. The van der Waals surface area contributed by atoms with Gasteiger partial charge in [-0.3, -0.25) is 0 Å². The van der Waals surface area contributed by atoms with E-state index < -0.39 is 11.5 Å². The van der Waals surface area contributed by atoms with Crippen LogP contribution in [-0.4, -0.2) is 17.3 Å². The summed E-state index contributed by atoms with van der Waals surface area (Å²) in [5.41, 5.74) is 0.556. The van der Waals surface area contributed by atoms with Crippen LogP contribution in [0, 0.1) is 0 Å². The first-order chi connectivity index (χ1) is 7.22. The topological polar surface area (TPSA) is 38.3 Å². The van der Waals surface area contributed by atoms with Gasteiger partial charge in [-0.25, -0.2) is 4.79 Å². The van der Waals surface area contributed by atoms with Gasteiger partial charge in [-0.15, -0.1) is 12.6 Å². The molecule has 1 rings (SSSR count). The molecular weight excluding hydrogens is 230 g/mol. The molecule has 82 valence electrons. The number of amides is 1. The van der Waals surface area contributed by atoms with Gasteiger partial charge in [0.2, 0.25) is 0 Å². The molecule has 0 aliphatic rings. The Morgan fingerprint density at radius 3 is 2.67 bits per heavy atom. The second-order valence-corrected chi connectivity index (χ2v) is 3.82. The highest BCUT2D eigenvalue weighted by Crippen LogP contribution is 2.01. The molecule has 0 aliphatic carbocycles. The summed E-state index contributed by atoms with van der Waals surface area (Å²) in [5, 5.41) is 2.62. The van der Waals surface area contributed by atoms with Crippen LogP contribution in [0.4, 0.5) is 4.79 Å². The van der Waals surface area contributed by atoms with Crippen LogP contribution in [0.1, 0.15) is 5.56 Å². The minimum atomic E-state index is -0.479. The van der Waals surface area contributed by atoms with Gasteiger partial charge in [-0.2, -0.15) is 12.6 Å². The van der Waals surface area contributed by atoms with Crippen molar-refractivity contribution in [1.82, 2.24) is 5.32 Å². The first-order valence-electron chi connectivity index (χ1n) is 4.49. The summed E-state index contributed by atoms with van der Waals surface area (Å²) < 4.78 is 4.86. The van der Waals surface area contributed by atoms with E-state index in [1.54, 1.807) is 0 Å². The molecule has 1 aromatic rings. The Hall–Kier alpha value is -0.810. The van der Waals surface area contributed by atoms with Gasteiger partial charge in [-0.1, -0.05) is 30.3 Å². The number of hydrogen-bond acceptors (Lipinski definition) is 4. The minimum absolute atomic E-state index is 0.391. The number of carbonyl (C=O) groups excluding carboxylic acids is 1. The van der Waals surface area contributed by atoms with Crippen molar-refractivity contribution in [1.29, 1.82) is 0 Å². The fraction of sp³-hybridized carbons (Fsp3) is 0.300. The zero-order chi connectivity index (χ0) is 11.1. The summed E-state index contributed by atoms with van der Waals surface area (Å²) in [4.78, 5) is 11.2. The highest BCUT2D eigenvalue weighted by Gasteiger charge is 2.07. The van der Waals surface area contributed by atoms with E-state index in [1.807, 2.05) is 30.3 Å². The molecule has 1 amide bonds. The third kappa shape index (κ3) is 4.99. The largest absolute Gasteiger partial charge is 0.435 e. The number of benzene rings is 1. The van der Waals surface area contributed by atoms with Crippen LogP contribution in [0.5, 0.6) is 0 Å². The zero-order valence-electron chi connectivity index (χ0n) is 8.09. The smallest absolute Gasteiger partial charge is 0.408 e. The van der Waals surface area contributed by atoms with E-state index in [9.17, 15) is 4.79 Å². The highest BCUT2D eigenvalue weighted by atomic mass is 32.1. The van der Waals surface area contributed by atoms with E-state index in [0.717, 1.165) is 5.56 Å². The van der Waals surface area contributed by atoms with Gasteiger partial charge in [0.05, 0.1) is 0 Å². The van der Waals surface area contributed by atoms with Crippen LogP contribution in [0.15, 0.2) is 30.3 Å². The summed E-state index contributed by atoms with van der Waals surface area (Å²) in [6.45, 7) is 0.451. The molecule has 0 saturated carbocycles. The summed E-state index contributed by atoms with van der Waals surface area (Å²) in [6, 6.07) is 9.61. The van der Waals surface area contributed by atoms with Gasteiger partial charge in [0.1, 0.15) is 0 Å². The van der Waals surface area contributed by atoms with Gasteiger partial charge in [0.15, 0.2) is 5.44 Å². The molecule has 1 N–H and O–H groups in total. The van der Waals surface area contributed by atoms with Crippen molar-refractivity contribution in [3.8, 4) is 0 Å². The van der Waals surface area contributed by atoms with Crippen molar-refractivity contribution in [2.75, 3.05) is 5.75 Å². The third-order valence-corrected chi connectivity index (χ3v) is 2.59. The van der Waals surface area contributed by atoms with Gasteiger partial charge in [0.25, 0.3) is 0 Å². The Labute approximate surface area is 100 Å². The van der Waals surface area contributed by atoms with Crippen molar-refractivity contribution < 1.29 is 9.53 Å². The van der Waals surface area contributed by atoms with E-state index in [1.165, 1.54) is 0 Å². The number of rotatable bonds is 4. The molecule has 0 aromatic heterocycles. The van der Waals surface area contributed by atoms with E-state index >= 15 is 0 Å². The Kier molecular flexibility index (Phi) is 5.42. The number of ether oxygens (including phenoxy) is 1. The number of alkyl carbamates (subject to hydrolysis) is 1. The molecule has 15 heavy (non-hydrogen) atoms. The molecule has 0 spiro atoms. The molecule has 5 heteroatoms. The molecule has 3 nitrogen and oxygen atoms in total. The fourth-order valence-corrected chi connectivity index (χ4v) is 1.14. The van der Waals surface area contributed by atoms with Crippen LogP contribution in [0.25, 0.3) is 0 Å². The quantitative estimate of drug-likeness (QED) is 0.560. The van der Waals surface area contributed by atoms with Crippen molar-refractivity contribution in [2.45, 2.75) is 12.0 Å². The Morgan fingerprint density at radius 1 is 1.40 bits per heavy atom. The van der Waals surface area contributed by atoms with Crippen LogP contribution in [0.3, 0.4) is 0 Å². The predicted octanol–water partition coefficient (Wildman–Crippen LogP) is 2.10. The van der Waals surface area contributed by atoms with Gasteiger partial charge >= 0.3 is 6.09 Å². The van der Waals surface area contributed by atoms with Gasteiger partial charge in [0, 0.05) is 12.3 Å². The molecule has 0 aliphatic heterocycles. The maximum atomic E-state index is 11.2. The molecule has 1 unspecified atom stereocenters. The summed E-state index contributed by atoms with van der Waals surface area (Å²) >= 11 is 7.94. The van der Waals surface area contributed by atoms with Crippen LogP contribution >= 0.6 is 25.3 Å². The maximum absolute atomic E-state index is 11.2. The standard InChI is InChI=1S/C10H13NO2S2/c12-10(13-9(15)7-14)11-6-8-4-2-1-3-5-8/h1-5,9,14-15H,6-7H2,(H,11,12). The molecule has 0 saturated heterocycles. The first-order valence-corrected chi connectivity index (χ1v) is 5.64. The Balaban J connectivity index is 2.29. The summed E-state index contributed by atoms with van der Waals surface area (Å²) in [7, 11) is 0. The van der Waals surface area contributed by atoms with E-state index in [4.69, 9.17) is 4.74 Å². The molecule has 0 radical (unpaired) electrons. The highest BCUT2D eigenvalue weighted by molar-refractivity contribution is 7.84. The van der Waals surface area contributed by atoms with Gasteiger partial charge < -0.3 is 10.1 Å². The summed E-state index contributed by atoms with van der Waals surface area (Å²) in [5.74, 6) is 0.391. The number of carbonyl (C=O) groups is 1. The van der Waals surface area contributed by atoms with Crippen molar-refractivity contribution in [2.24, 2.45) is 0 Å². The lowest BCUT2D eigenvalue weighted by molar-refractivity contribution is 0.143. The SMILES string of the molecule is O=C(NCc1ccccc1)OC(S)CS. The van der Waals surface area contributed by atoms with Gasteiger partial charge in [-0.05, 0) is 5.56 Å². The van der Waals surface area contributed by atoms with E-state index in [0.29, 0.717) is 12.3 Å². The molecule has 1 aromatic carbocycles. The summed E-state index contributed by atoms with van der Waals surface area (Å²) in [6.07, 6.45) is -0.479. The number of thiol groups is 2. The van der Waals surface area contributed by atoms with E-state index in [-0.39, 0.29) is 0 Å². The number of hydrogen-bond donors (Lipinski definition) is 3. The monoisotopic (exact) mass is 243 g/mol. The minimum Gasteiger partial charge on any atom is -0.435 e. The lowest BCUT2D eigenvalue weighted by atomic mass is 10.2. The second kappa shape index (κ2) is 6.63. The number of nitrogens with one attached hydrogen (secondary N) is 1. The van der Waals surface area contributed by atoms with Crippen LogP contribution < -0.4 is 5.32 Å². The van der Waals surface area contributed by atoms with Crippen molar-refractivity contribution in [3.63, 3.8) is 0 Å². The lowest BCUT2D eigenvalue weighted by Gasteiger charge is -2.10. The van der Waals surface area contributed by atoms with Crippen LogP contribution in [0.2, 0.25) is 0 Å². The molecule has 0 fully saturated rings. The Morgan fingerprint density at radius 2 is 2.07 bits per heavy atom. The predicted molar refractivity (Wildman–Crippen MR) is 66.4 cm³/mol. The third-order valence-electron chi connectivity index (χ3n) is 1.68. The van der Waals surface area contributed by atoms with Crippen LogP contribution in [-0.2, 0) is 11.3 Å². The zero-order valence-corrected chi connectivity index (χ0v) is 9.88. The van der Waals surface area contributed by atoms with E-state index in [2.05, 4.69) is 30.6 Å². The molecular formula is C10H13NO2S2. The molecule has 1 atom stereocenters. The first kappa shape index (κ1) is 12.3. The normalized spacial score (nSPS) is 11.9. The van der Waals surface area contributed by atoms with Crippen molar-refractivity contribution >= 4 is 31.4 Å². The Bertz CT molecular complexity index is 306. The fourth-order valence-electron chi connectivity index (χ4n) is 0.973. The average Bonchev–Trinajstić information content (AvgIpc) is 2.27. The maximum Gasteiger partial charge on any atom is 0.408 e.